The molecule has 0 unspecified atom stereocenters. The highest BCUT2D eigenvalue weighted by Gasteiger charge is 2.16. The van der Waals surface area contributed by atoms with E-state index in [0.29, 0.717) is 4.42 Å². The minimum Gasteiger partial charge on any atom is -0.375 e. The summed E-state index contributed by atoms with van der Waals surface area (Å²) in [5.41, 5.74) is 5.22. The molecule has 1 amide bonds. The quantitative estimate of drug-likeness (QED) is 0.466. The Kier molecular flexibility index (Phi) is 5.81. The summed E-state index contributed by atoms with van der Waals surface area (Å²) < 4.78 is 0.610. The van der Waals surface area contributed by atoms with Crippen LogP contribution in [0.25, 0.3) is 0 Å². The number of nitrogens with zero attached hydrogens (tertiary/aromatic N) is 3. The average Bonchev–Trinajstić information content (AvgIpc) is 2.17. The summed E-state index contributed by atoms with van der Waals surface area (Å²) in [6.07, 6.45) is 4.09. The molecule has 0 saturated heterocycles. The van der Waals surface area contributed by atoms with Gasteiger partial charge in [-0.1, -0.05) is 0 Å². The topological polar surface area (TPSA) is 72.1 Å². The molecule has 0 aliphatic heterocycles. The first-order chi connectivity index (χ1) is 6.13. The zero-order chi connectivity index (χ0) is 9.84. The lowest BCUT2D eigenvalue weighted by Gasteiger charge is -2.09. The lowest BCUT2D eigenvalue weighted by atomic mass is 10.4. The number of thiocarbonyl (C=S) groups is 1. The van der Waals surface area contributed by atoms with Gasteiger partial charge in [0.1, 0.15) is 5.69 Å². The Balaban J connectivity index is 0.00000169. The Labute approximate surface area is 108 Å². The van der Waals surface area contributed by atoms with E-state index in [-0.39, 0.29) is 34.8 Å². The number of carbonyl (C=O) groups is 1. The van der Waals surface area contributed by atoms with Gasteiger partial charge >= 0.3 is 0 Å². The predicted molar refractivity (Wildman–Crippen MR) is 66.3 cm³/mol. The highest BCUT2D eigenvalue weighted by molar-refractivity contribution is 14.0. The Morgan fingerprint density at radius 3 is 2.64 bits per heavy atom. The summed E-state index contributed by atoms with van der Waals surface area (Å²) in [4.78, 5) is 18.7. The summed E-state index contributed by atoms with van der Waals surface area (Å²) in [6, 6.07) is 0. The maximum absolute atomic E-state index is 11.3. The van der Waals surface area contributed by atoms with Crippen molar-refractivity contribution < 1.29 is 4.79 Å². The van der Waals surface area contributed by atoms with E-state index in [1.54, 1.807) is 0 Å². The van der Waals surface area contributed by atoms with E-state index in [9.17, 15) is 4.79 Å². The zero-order valence-electron chi connectivity index (χ0n) is 6.75. The van der Waals surface area contributed by atoms with Crippen molar-refractivity contribution in [2.75, 3.05) is 0 Å². The summed E-state index contributed by atoms with van der Waals surface area (Å²) in [6.45, 7) is 0. The van der Waals surface area contributed by atoms with E-state index < -0.39 is 5.91 Å². The molecule has 0 atom stereocenters. The highest BCUT2D eigenvalue weighted by Crippen LogP contribution is 2.02. The van der Waals surface area contributed by atoms with Crippen molar-refractivity contribution in [1.82, 2.24) is 14.4 Å². The van der Waals surface area contributed by atoms with E-state index in [1.807, 2.05) is 0 Å². The molecular weight excluding hydrogens is 339 g/mol. The van der Waals surface area contributed by atoms with Gasteiger partial charge < -0.3 is 5.73 Å². The van der Waals surface area contributed by atoms with Crippen LogP contribution in [0.3, 0.4) is 0 Å². The summed E-state index contributed by atoms with van der Waals surface area (Å²) in [7, 11) is 0. The van der Waals surface area contributed by atoms with Crippen molar-refractivity contribution in [2.24, 2.45) is 5.73 Å². The number of hydrogen-bond donors (Lipinski definition) is 1. The first kappa shape index (κ1) is 13.5. The molecule has 1 heterocycles. The number of carbonyl (C=O) groups excluding carboxylic acids is 1. The van der Waals surface area contributed by atoms with Gasteiger partial charge in [-0.2, -0.15) is 4.42 Å². The number of aromatic nitrogens is 2. The van der Waals surface area contributed by atoms with Gasteiger partial charge in [0.15, 0.2) is 5.11 Å². The SMILES string of the molecule is I.NC(=S)N(Cl)C(=O)c1cnccn1. The van der Waals surface area contributed by atoms with Crippen LogP contribution in [-0.2, 0) is 0 Å². The van der Waals surface area contributed by atoms with Gasteiger partial charge in [0.25, 0.3) is 5.91 Å². The van der Waals surface area contributed by atoms with Crippen LogP contribution in [0.15, 0.2) is 18.6 Å². The van der Waals surface area contributed by atoms with Crippen LogP contribution < -0.4 is 5.73 Å². The molecule has 0 aromatic carbocycles. The number of nitrogens with two attached hydrogens (primary N) is 1. The van der Waals surface area contributed by atoms with Crippen molar-refractivity contribution in [2.45, 2.75) is 0 Å². The second-order valence-corrected chi connectivity index (χ2v) is 2.77. The third-order valence-corrected chi connectivity index (χ3v) is 1.77. The summed E-state index contributed by atoms with van der Waals surface area (Å²) >= 11 is 9.95. The van der Waals surface area contributed by atoms with Gasteiger partial charge in [0.2, 0.25) is 0 Å². The number of halogens is 2. The van der Waals surface area contributed by atoms with Crippen LogP contribution in [0, 0.1) is 0 Å². The molecule has 14 heavy (non-hydrogen) atoms. The Bertz CT molecular complexity index is 336. The standard InChI is InChI=1S/C6H5ClN4OS.HI/c7-11(6(8)13)5(12)4-3-9-1-2-10-4;/h1-3H,(H2,8,13);1H. The summed E-state index contributed by atoms with van der Waals surface area (Å²) in [5, 5.41) is -0.225. The number of rotatable bonds is 1. The normalized spacial score (nSPS) is 8.64. The minimum absolute atomic E-state index is 0. The van der Waals surface area contributed by atoms with Gasteiger partial charge in [-0.15, -0.1) is 24.0 Å². The largest absolute Gasteiger partial charge is 0.375 e. The monoisotopic (exact) mass is 344 g/mol. The first-order valence-electron chi connectivity index (χ1n) is 3.18. The van der Waals surface area contributed by atoms with Crippen LogP contribution in [0.4, 0.5) is 0 Å². The van der Waals surface area contributed by atoms with Crippen molar-refractivity contribution in [3.63, 3.8) is 0 Å². The smallest absolute Gasteiger partial charge is 0.295 e. The molecule has 0 fully saturated rings. The van der Waals surface area contributed by atoms with E-state index >= 15 is 0 Å². The molecular formula is C6H6ClIN4OS. The maximum atomic E-state index is 11.3. The fourth-order valence-electron chi connectivity index (χ4n) is 0.610. The lowest BCUT2D eigenvalue weighted by Crippen LogP contribution is -2.33. The fraction of sp³-hybridized carbons (Fsp3) is 0. The molecule has 0 bridgehead atoms. The van der Waals surface area contributed by atoms with Crippen molar-refractivity contribution in [3.05, 3.63) is 24.3 Å². The molecule has 76 valence electrons. The third-order valence-electron chi connectivity index (χ3n) is 1.15. The molecule has 2 N–H and O–H groups in total. The van der Waals surface area contributed by atoms with Crippen LogP contribution in [-0.4, -0.2) is 25.4 Å². The molecule has 1 aromatic rings. The summed E-state index contributed by atoms with van der Waals surface area (Å²) in [5.74, 6) is -0.595. The highest BCUT2D eigenvalue weighted by atomic mass is 127. The molecule has 1 rings (SSSR count). The van der Waals surface area contributed by atoms with Crippen LogP contribution in [0.1, 0.15) is 10.5 Å². The molecule has 5 nitrogen and oxygen atoms in total. The van der Waals surface area contributed by atoms with E-state index in [1.165, 1.54) is 18.6 Å². The molecule has 0 radical (unpaired) electrons. The molecule has 0 aliphatic carbocycles. The number of amides is 1. The average molecular weight is 345 g/mol. The molecule has 0 saturated carbocycles. The van der Waals surface area contributed by atoms with Crippen molar-refractivity contribution in [3.8, 4) is 0 Å². The molecule has 8 heteroatoms. The molecule has 0 aliphatic rings. The van der Waals surface area contributed by atoms with Gasteiger partial charge in [0.05, 0.1) is 6.20 Å². The van der Waals surface area contributed by atoms with Crippen molar-refractivity contribution in [1.29, 1.82) is 0 Å². The Morgan fingerprint density at radius 1 is 1.57 bits per heavy atom. The maximum Gasteiger partial charge on any atom is 0.295 e. The Hall–Kier alpha value is -0.540. The van der Waals surface area contributed by atoms with Gasteiger partial charge in [-0.25, -0.2) is 4.98 Å². The minimum atomic E-state index is -0.595. The first-order valence-corrected chi connectivity index (χ1v) is 3.93. The molecule has 1 aromatic heterocycles. The third kappa shape index (κ3) is 3.31. The Morgan fingerprint density at radius 2 is 2.21 bits per heavy atom. The van der Waals surface area contributed by atoms with Gasteiger partial charge in [0, 0.05) is 24.2 Å². The van der Waals surface area contributed by atoms with Crippen LogP contribution in [0.2, 0.25) is 0 Å². The zero-order valence-corrected chi connectivity index (χ0v) is 10.7. The van der Waals surface area contributed by atoms with Crippen LogP contribution >= 0.6 is 48.0 Å². The fourth-order valence-corrected chi connectivity index (χ4v) is 0.780. The number of hydrogen-bond acceptors (Lipinski definition) is 4. The van der Waals surface area contributed by atoms with E-state index in [2.05, 4.69) is 22.2 Å². The van der Waals surface area contributed by atoms with E-state index in [4.69, 9.17) is 17.5 Å². The second kappa shape index (κ2) is 6.04. The van der Waals surface area contributed by atoms with Crippen molar-refractivity contribution >= 4 is 59.0 Å². The predicted octanol–water partition coefficient (Wildman–Crippen LogP) is 0.934. The van der Waals surface area contributed by atoms with Gasteiger partial charge in [-0.05, 0) is 12.2 Å². The molecule has 0 spiro atoms. The van der Waals surface area contributed by atoms with Crippen LogP contribution in [0.5, 0.6) is 0 Å². The lowest BCUT2D eigenvalue weighted by molar-refractivity contribution is 0.0909. The van der Waals surface area contributed by atoms with E-state index in [0.717, 1.165) is 0 Å². The second-order valence-electron chi connectivity index (χ2n) is 2.01. The van der Waals surface area contributed by atoms with Gasteiger partial charge in [-0.3, -0.25) is 9.78 Å².